The zero-order chi connectivity index (χ0) is 12.6. The number of hydrogen-bond acceptors (Lipinski definition) is 4. The summed E-state index contributed by atoms with van der Waals surface area (Å²) in [7, 11) is 0. The molecule has 0 spiro atoms. The molecule has 0 aliphatic heterocycles. The minimum Gasteiger partial charge on any atom is -0.375 e. The molecule has 0 amide bonds. The first-order valence-electron chi connectivity index (χ1n) is 6.00. The minimum atomic E-state index is 0.522. The van der Waals surface area contributed by atoms with Gasteiger partial charge in [0.25, 0.3) is 0 Å². The van der Waals surface area contributed by atoms with Gasteiger partial charge in [0.05, 0.1) is 18.9 Å². The van der Waals surface area contributed by atoms with Gasteiger partial charge in [0.1, 0.15) is 0 Å². The lowest BCUT2D eigenvalue weighted by atomic mass is 10.2. The van der Waals surface area contributed by atoms with Crippen molar-refractivity contribution in [2.45, 2.75) is 19.6 Å². The van der Waals surface area contributed by atoms with E-state index in [1.165, 1.54) is 0 Å². The molecule has 0 aliphatic rings. The van der Waals surface area contributed by atoms with Crippen LogP contribution in [0.15, 0.2) is 42.7 Å². The van der Waals surface area contributed by atoms with Crippen LogP contribution in [0.25, 0.3) is 0 Å². The normalized spacial score (nSPS) is 10.5. The zero-order valence-electron chi connectivity index (χ0n) is 10.2. The standard InChI is InChI=1S/C14H17N3O/c15-9-12-4-5-14(17-10-12)11-18-8-6-13-3-1-2-7-16-13/h1-5,7,10H,6,8-9,11,15H2. The Labute approximate surface area is 107 Å². The van der Waals surface area contributed by atoms with E-state index in [0.29, 0.717) is 19.8 Å². The number of ether oxygens (including phenoxy) is 1. The molecule has 94 valence electrons. The lowest BCUT2D eigenvalue weighted by molar-refractivity contribution is 0.120. The van der Waals surface area contributed by atoms with Crippen molar-refractivity contribution in [3.63, 3.8) is 0 Å². The predicted octanol–water partition coefficient (Wildman–Crippen LogP) is 1.69. The van der Waals surface area contributed by atoms with E-state index in [1.54, 1.807) is 12.4 Å². The second-order valence-electron chi connectivity index (χ2n) is 3.99. The summed E-state index contributed by atoms with van der Waals surface area (Å²) in [5, 5.41) is 0. The highest BCUT2D eigenvalue weighted by Gasteiger charge is 1.97. The molecule has 4 nitrogen and oxygen atoms in total. The fourth-order valence-electron chi connectivity index (χ4n) is 1.56. The van der Waals surface area contributed by atoms with Gasteiger partial charge in [0.2, 0.25) is 0 Å². The lowest BCUT2D eigenvalue weighted by Gasteiger charge is -2.04. The van der Waals surface area contributed by atoms with Gasteiger partial charge in [-0.1, -0.05) is 12.1 Å². The number of hydrogen-bond donors (Lipinski definition) is 1. The average molecular weight is 243 g/mol. The zero-order valence-corrected chi connectivity index (χ0v) is 10.2. The quantitative estimate of drug-likeness (QED) is 0.784. The molecule has 18 heavy (non-hydrogen) atoms. The molecule has 4 heteroatoms. The SMILES string of the molecule is NCc1ccc(COCCc2ccccn2)nc1. The smallest absolute Gasteiger partial charge is 0.0888 e. The fourth-order valence-corrected chi connectivity index (χ4v) is 1.56. The van der Waals surface area contributed by atoms with Crippen LogP contribution in [-0.4, -0.2) is 16.6 Å². The van der Waals surface area contributed by atoms with Crippen molar-refractivity contribution in [3.8, 4) is 0 Å². The molecule has 0 atom stereocenters. The second-order valence-corrected chi connectivity index (χ2v) is 3.99. The first-order valence-corrected chi connectivity index (χ1v) is 6.00. The predicted molar refractivity (Wildman–Crippen MR) is 69.7 cm³/mol. The van der Waals surface area contributed by atoms with E-state index in [1.807, 2.05) is 30.3 Å². The molecule has 0 aromatic carbocycles. The van der Waals surface area contributed by atoms with Crippen molar-refractivity contribution in [2.24, 2.45) is 5.73 Å². The van der Waals surface area contributed by atoms with Crippen LogP contribution in [0.1, 0.15) is 17.0 Å². The Morgan fingerprint density at radius 2 is 2.00 bits per heavy atom. The van der Waals surface area contributed by atoms with Crippen LogP contribution in [0.5, 0.6) is 0 Å². The average Bonchev–Trinajstić information content (AvgIpc) is 2.45. The summed E-state index contributed by atoms with van der Waals surface area (Å²) in [6.07, 6.45) is 4.40. The van der Waals surface area contributed by atoms with E-state index in [9.17, 15) is 0 Å². The van der Waals surface area contributed by atoms with E-state index < -0.39 is 0 Å². The van der Waals surface area contributed by atoms with Crippen molar-refractivity contribution in [1.82, 2.24) is 9.97 Å². The van der Waals surface area contributed by atoms with E-state index >= 15 is 0 Å². The summed E-state index contributed by atoms with van der Waals surface area (Å²) in [6, 6.07) is 9.81. The largest absolute Gasteiger partial charge is 0.375 e. The van der Waals surface area contributed by atoms with Gasteiger partial charge in [-0.05, 0) is 23.8 Å². The number of pyridine rings is 2. The molecule has 0 aliphatic carbocycles. The van der Waals surface area contributed by atoms with Crippen molar-refractivity contribution in [2.75, 3.05) is 6.61 Å². The van der Waals surface area contributed by atoms with Gasteiger partial charge in [0.15, 0.2) is 0 Å². The van der Waals surface area contributed by atoms with Gasteiger partial charge >= 0.3 is 0 Å². The van der Waals surface area contributed by atoms with Gasteiger partial charge < -0.3 is 10.5 Å². The lowest BCUT2D eigenvalue weighted by Crippen LogP contribution is -2.03. The number of nitrogens with zero attached hydrogens (tertiary/aromatic N) is 2. The van der Waals surface area contributed by atoms with Crippen LogP contribution in [0.3, 0.4) is 0 Å². The number of nitrogens with two attached hydrogens (primary N) is 1. The fraction of sp³-hybridized carbons (Fsp3) is 0.286. The second kappa shape index (κ2) is 6.83. The highest BCUT2D eigenvalue weighted by Crippen LogP contribution is 2.02. The molecule has 0 fully saturated rings. The molecule has 0 saturated heterocycles. The molecule has 2 heterocycles. The molecule has 2 rings (SSSR count). The third-order valence-corrected chi connectivity index (χ3v) is 2.60. The van der Waals surface area contributed by atoms with Crippen LogP contribution < -0.4 is 5.73 Å². The third-order valence-electron chi connectivity index (χ3n) is 2.60. The molecule has 0 bridgehead atoms. The van der Waals surface area contributed by atoms with E-state index in [2.05, 4.69) is 9.97 Å². The number of aromatic nitrogens is 2. The Kier molecular flexibility index (Phi) is 4.81. The summed E-state index contributed by atoms with van der Waals surface area (Å²) in [5.74, 6) is 0. The maximum atomic E-state index is 5.56. The summed E-state index contributed by atoms with van der Waals surface area (Å²) in [6.45, 7) is 1.70. The maximum absolute atomic E-state index is 5.56. The first-order chi connectivity index (χ1) is 8.88. The Bertz CT molecular complexity index is 456. The van der Waals surface area contributed by atoms with Crippen LogP contribution in [0.2, 0.25) is 0 Å². The van der Waals surface area contributed by atoms with Crippen LogP contribution in [0.4, 0.5) is 0 Å². The van der Waals surface area contributed by atoms with Crippen molar-refractivity contribution < 1.29 is 4.74 Å². The van der Waals surface area contributed by atoms with Crippen molar-refractivity contribution in [3.05, 3.63) is 59.7 Å². The van der Waals surface area contributed by atoms with Crippen molar-refractivity contribution in [1.29, 1.82) is 0 Å². The first kappa shape index (κ1) is 12.7. The van der Waals surface area contributed by atoms with Gasteiger partial charge in [-0.2, -0.15) is 0 Å². The minimum absolute atomic E-state index is 0.522. The van der Waals surface area contributed by atoms with E-state index in [-0.39, 0.29) is 0 Å². The Morgan fingerprint density at radius 1 is 1.06 bits per heavy atom. The molecule has 2 N–H and O–H groups in total. The Morgan fingerprint density at radius 3 is 2.67 bits per heavy atom. The van der Waals surface area contributed by atoms with Gasteiger partial charge in [0, 0.05) is 31.1 Å². The highest BCUT2D eigenvalue weighted by atomic mass is 16.5. The van der Waals surface area contributed by atoms with Crippen LogP contribution in [0, 0.1) is 0 Å². The van der Waals surface area contributed by atoms with Crippen LogP contribution in [-0.2, 0) is 24.3 Å². The Balaban J connectivity index is 1.72. The summed E-state index contributed by atoms with van der Waals surface area (Å²) in [4.78, 5) is 8.51. The monoisotopic (exact) mass is 243 g/mol. The van der Waals surface area contributed by atoms with E-state index in [4.69, 9.17) is 10.5 Å². The summed E-state index contributed by atoms with van der Waals surface area (Å²) >= 11 is 0. The van der Waals surface area contributed by atoms with E-state index in [0.717, 1.165) is 23.4 Å². The topological polar surface area (TPSA) is 61.0 Å². The number of rotatable bonds is 6. The molecule has 2 aromatic heterocycles. The molecular formula is C14H17N3O. The van der Waals surface area contributed by atoms with Crippen molar-refractivity contribution >= 4 is 0 Å². The molecule has 2 aromatic rings. The van der Waals surface area contributed by atoms with Gasteiger partial charge in [-0.25, -0.2) is 0 Å². The Hall–Kier alpha value is -1.78. The molecule has 0 saturated carbocycles. The third kappa shape index (κ3) is 3.91. The van der Waals surface area contributed by atoms with Gasteiger partial charge in [-0.15, -0.1) is 0 Å². The summed E-state index contributed by atoms with van der Waals surface area (Å²) < 4.78 is 5.56. The maximum Gasteiger partial charge on any atom is 0.0888 e. The molecule has 0 radical (unpaired) electrons. The molecular weight excluding hydrogens is 226 g/mol. The van der Waals surface area contributed by atoms with Crippen LogP contribution >= 0.6 is 0 Å². The molecule has 0 unspecified atom stereocenters. The summed E-state index contributed by atoms with van der Waals surface area (Å²) in [5.41, 5.74) is 8.51. The highest BCUT2D eigenvalue weighted by molar-refractivity contribution is 5.13. The van der Waals surface area contributed by atoms with Gasteiger partial charge in [-0.3, -0.25) is 9.97 Å².